The summed E-state index contributed by atoms with van der Waals surface area (Å²) in [7, 11) is 0. The molecule has 0 saturated heterocycles. The molecule has 0 bridgehead atoms. The van der Waals surface area contributed by atoms with E-state index in [1.807, 2.05) is 50.3 Å². The zero-order valence-corrected chi connectivity index (χ0v) is 11.5. The van der Waals surface area contributed by atoms with Crippen molar-refractivity contribution in [3.63, 3.8) is 0 Å². The normalized spacial score (nSPS) is 13.2. The minimum atomic E-state index is -0.178. The van der Waals surface area contributed by atoms with Gasteiger partial charge in [-0.1, -0.05) is 50.3 Å². The van der Waals surface area contributed by atoms with Crippen LogP contribution in [0.3, 0.4) is 0 Å². The fourth-order valence-electron chi connectivity index (χ4n) is 1.81. The van der Waals surface area contributed by atoms with Crippen molar-refractivity contribution in [3.05, 3.63) is 47.5 Å². The minimum absolute atomic E-state index is 0.178. The molecule has 98 valence electrons. The van der Waals surface area contributed by atoms with Gasteiger partial charge in [0.15, 0.2) is 0 Å². The van der Waals surface area contributed by atoms with E-state index in [4.69, 9.17) is 4.74 Å². The van der Waals surface area contributed by atoms with Crippen molar-refractivity contribution < 1.29 is 9.53 Å². The van der Waals surface area contributed by atoms with Crippen molar-refractivity contribution in [1.29, 1.82) is 0 Å². The van der Waals surface area contributed by atoms with Gasteiger partial charge >= 0.3 is 5.97 Å². The third-order valence-electron chi connectivity index (χ3n) is 3.16. The first-order chi connectivity index (χ1) is 8.69. The topological polar surface area (TPSA) is 26.3 Å². The number of rotatable bonds is 6. The van der Waals surface area contributed by atoms with Gasteiger partial charge in [0.2, 0.25) is 0 Å². The van der Waals surface area contributed by atoms with E-state index in [2.05, 4.69) is 6.92 Å². The molecule has 1 atom stereocenters. The molecule has 0 aliphatic carbocycles. The van der Waals surface area contributed by atoms with Crippen molar-refractivity contribution in [2.75, 3.05) is 6.61 Å². The van der Waals surface area contributed by atoms with E-state index < -0.39 is 0 Å². The zero-order chi connectivity index (χ0) is 13.4. The number of esters is 1. The van der Waals surface area contributed by atoms with Gasteiger partial charge in [0.05, 0.1) is 6.61 Å². The molecule has 0 radical (unpaired) electrons. The highest BCUT2D eigenvalue weighted by atomic mass is 16.5. The van der Waals surface area contributed by atoms with Gasteiger partial charge in [-0.15, -0.1) is 0 Å². The van der Waals surface area contributed by atoms with Crippen LogP contribution in [0.1, 0.15) is 32.8 Å². The Labute approximate surface area is 110 Å². The molecule has 0 aliphatic rings. The highest BCUT2D eigenvalue weighted by Crippen LogP contribution is 2.15. The van der Waals surface area contributed by atoms with Crippen LogP contribution in [0, 0.1) is 5.92 Å². The second-order valence-corrected chi connectivity index (χ2v) is 4.42. The highest BCUT2D eigenvalue weighted by Gasteiger charge is 2.15. The summed E-state index contributed by atoms with van der Waals surface area (Å²) in [5.74, 6) is 0.0852. The molecule has 0 heterocycles. The molecule has 0 fully saturated rings. The molecular weight excluding hydrogens is 224 g/mol. The Kier molecular flexibility index (Phi) is 6.20. The number of benzene rings is 1. The molecule has 0 aliphatic heterocycles. The molecule has 0 spiro atoms. The van der Waals surface area contributed by atoms with Crippen LogP contribution in [0.15, 0.2) is 42.0 Å². The summed E-state index contributed by atoms with van der Waals surface area (Å²) in [4.78, 5) is 11.9. The summed E-state index contributed by atoms with van der Waals surface area (Å²) in [6.45, 7) is 6.45. The van der Waals surface area contributed by atoms with E-state index in [9.17, 15) is 4.79 Å². The summed E-state index contributed by atoms with van der Waals surface area (Å²) in [5.41, 5.74) is 1.97. The van der Waals surface area contributed by atoms with Crippen LogP contribution >= 0.6 is 0 Å². The monoisotopic (exact) mass is 246 g/mol. The molecule has 0 amide bonds. The number of hydrogen-bond donors (Lipinski definition) is 0. The number of carbonyl (C=O) groups is 1. The van der Waals surface area contributed by atoms with Gasteiger partial charge in [0.1, 0.15) is 0 Å². The molecule has 0 N–H and O–H groups in total. The van der Waals surface area contributed by atoms with Crippen LogP contribution in [0.5, 0.6) is 0 Å². The van der Waals surface area contributed by atoms with Gasteiger partial charge in [-0.3, -0.25) is 0 Å². The fraction of sp³-hybridized carbons (Fsp3) is 0.438. The van der Waals surface area contributed by atoms with Crippen LogP contribution in [0.2, 0.25) is 0 Å². The lowest BCUT2D eigenvalue weighted by Gasteiger charge is -2.13. The van der Waals surface area contributed by atoms with Crippen LogP contribution in [-0.2, 0) is 16.0 Å². The Morgan fingerprint density at radius 1 is 1.33 bits per heavy atom. The largest absolute Gasteiger partial charge is 0.462 e. The van der Waals surface area contributed by atoms with Crippen molar-refractivity contribution >= 4 is 5.97 Å². The first-order valence-electron chi connectivity index (χ1n) is 6.56. The van der Waals surface area contributed by atoms with E-state index in [1.54, 1.807) is 0 Å². The summed E-state index contributed by atoms with van der Waals surface area (Å²) >= 11 is 0. The van der Waals surface area contributed by atoms with Crippen molar-refractivity contribution in [2.24, 2.45) is 5.92 Å². The Morgan fingerprint density at radius 2 is 2.00 bits per heavy atom. The van der Waals surface area contributed by atoms with Gasteiger partial charge in [0.25, 0.3) is 0 Å². The third-order valence-corrected chi connectivity index (χ3v) is 3.16. The Bertz CT molecular complexity index is 393. The van der Waals surface area contributed by atoms with Gasteiger partial charge in [-0.25, -0.2) is 4.79 Å². The maximum atomic E-state index is 11.9. The summed E-state index contributed by atoms with van der Waals surface area (Å²) in [6, 6.07) is 10.1. The van der Waals surface area contributed by atoms with E-state index in [1.165, 1.54) is 5.56 Å². The lowest BCUT2D eigenvalue weighted by Crippen LogP contribution is -2.15. The van der Waals surface area contributed by atoms with E-state index >= 15 is 0 Å². The number of hydrogen-bond acceptors (Lipinski definition) is 2. The van der Waals surface area contributed by atoms with Crippen molar-refractivity contribution in [1.82, 2.24) is 0 Å². The molecule has 1 aromatic carbocycles. The second-order valence-electron chi connectivity index (χ2n) is 4.42. The molecule has 0 saturated carbocycles. The second kappa shape index (κ2) is 7.70. The summed E-state index contributed by atoms with van der Waals surface area (Å²) < 4.78 is 5.31. The Hall–Kier alpha value is -1.57. The van der Waals surface area contributed by atoms with Crippen molar-refractivity contribution in [2.45, 2.75) is 33.6 Å². The number of allylic oxidation sites excluding steroid dienone is 1. The molecule has 2 nitrogen and oxygen atoms in total. The molecule has 0 aromatic heterocycles. The van der Waals surface area contributed by atoms with Gasteiger partial charge in [0, 0.05) is 12.0 Å². The van der Waals surface area contributed by atoms with Gasteiger partial charge < -0.3 is 4.74 Å². The van der Waals surface area contributed by atoms with E-state index in [0.29, 0.717) is 6.61 Å². The lowest BCUT2D eigenvalue weighted by molar-refractivity contribution is -0.139. The predicted molar refractivity (Wildman–Crippen MR) is 74.3 cm³/mol. The molecular formula is C16H22O2. The average molecular weight is 246 g/mol. The molecule has 1 aromatic rings. The van der Waals surface area contributed by atoms with E-state index in [-0.39, 0.29) is 11.9 Å². The average Bonchev–Trinajstić information content (AvgIpc) is 2.40. The smallest absolute Gasteiger partial charge is 0.333 e. The zero-order valence-electron chi connectivity index (χ0n) is 11.5. The first-order valence-corrected chi connectivity index (χ1v) is 6.56. The van der Waals surface area contributed by atoms with Crippen LogP contribution in [0.25, 0.3) is 0 Å². The number of carbonyl (C=O) groups excluding carboxylic acids is 1. The fourth-order valence-corrected chi connectivity index (χ4v) is 1.81. The molecule has 1 rings (SSSR count). The standard InChI is InChI=1S/C16H22O2/c1-4-13(3)15(5-2)16(17)18-12-11-14-9-7-6-8-10-14/h5-10,13H,4,11-12H2,1-3H3/b15-5+. The highest BCUT2D eigenvalue weighted by molar-refractivity contribution is 5.88. The summed E-state index contributed by atoms with van der Waals surface area (Å²) in [6.07, 6.45) is 3.58. The Morgan fingerprint density at radius 3 is 2.56 bits per heavy atom. The summed E-state index contributed by atoms with van der Waals surface area (Å²) in [5, 5.41) is 0. The van der Waals surface area contributed by atoms with Gasteiger partial charge in [-0.2, -0.15) is 0 Å². The predicted octanol–water partition coefficient (Wildman–Crippen LogP) is 3.76. The van der Waals surface area contributed by atoms with Crippen LogP contribution in [0.4, 0.5) is 0 Å². The maximum Gasteiger partial charge on any atom is 0.333 e. The van der Waals surface area contributed by atoms with E-state index in [0.717, 1.165) is 18.4 Å². The third kappa shape index (κ3) is 4.36. The SMILES string of the molecule is C/C=C(/C(=O)OCCc1ccccc1)C(C)CC. The van der Waals surface area contributed by atoms with Crippen LogP contribution in [-0.4, -0.2) is 12.6 Å². The maximum absolute atomic E-state index is 11.9. The quantitative estimate of drug-likeness (QED) is 0.564. The minimum Gasteiger partial charge on any atom is -0.462 e. The molecule has 2 heteroatoms. The lowest BCUT2D eigenvalue weighted by atomic mass is 9.98. The Balaban J connectivity index is 2.42. The van der Waals surface area contributed by atoms with Gasteiger partial charge in [-0.05, 0) is 24.8 Å². The molecule has 18 heavy (non-hydrogen) atoms. The number of ether oxygens (including phenoxy) is 1. The first kappa shape index (κ1) is 14.5. The van der Waals surface area contributed by atoms with Crippen LogP contribution < -0.4 is 0 Å². The van der Waals surface area contributed by atoms with Crippen molar-refractivity contribution in [3.8, 4) is 0 Å². The molecule has 1 unspecified atom stereocenters.